The largest absolute Gasteiger partial charge is 0.295 e. The normalized spacial score (nSPS) is 10.3. The molecule has 2 aromatic rings. The first kappa shape index (κ1) is 12.7. The van der Waals surface area contributed by atoms with Gasteiger partial charge in [0.25, 0.3) is 5.91 Å². The maximum atomic E-state index is 11.5. The van der Waals surface area contributed by atoms with Gasteiger partial charge in [0, 0.05) is 23.6 Å². The molecule has 18 heavy (non-hydrogen) atoms. The van der Waals surface area contributed by atoms with Crippen LogP contribution in [0.25, 0.3) is 5.69 Å². The summed E-state index contributed by atoms with van der Waals surface area (Å²) in [5.74, 6) is -0.264. The molecule has 2 rings (SSSR count). The molecule has 0 saturated carbocycles. The Morgan fingerprint density at radius 2 is 2.11 bits per heavy atom. The van der Waals surface area contributed by atoms with Crippen LogP contribution in [0.15, 0.2) is 41.8 Å². The lowest BCUT2D eigenvalue weighted by Gasteiger charge is -2.07. The Bertz CT molecular complexity index is 537. The molecule has 6 heteroatoms. The first-order chi connectivity index (χ1) is 8.76. The summed E-state index contributed by atoms with van der Waals surface area (Å²) in [6.45, 7) is 0. The van der Waals surface area contributed by atoms with Crippen LogP contribution in [0.5, 0.6) is 0 Å². The van der Waals surface area contributed by atoms with Crippen molar-refractivity contribution in [2.24, 2.45) is 0 Å². The van der Waals surface area contributed by atoms with E-state index in [2.05, 4.69) is 15.3 Å². The van der Waals surface area contributed by atoms with Gasteiger partial charge in [-0.3, -0.25) is 14.2 Å². The van der Waals surface area contributed by atoms with Crippen LogP contribution in [0, 0.1) is 0 Å². The molecule has 0 aliphatic carbocycles. The molecular weight excluding hydrogens is 250 g/mol. The minimum Gasteiger partial charge on any atom is -0.295 e. The van der Waals surface area contributed by atoms with Crippen molar-refractivity contribution in [3.63, 3.8) is 0 Å². The number of thioether (sulfide) groups is 1. The van der Waals surface area contributed by atoms with E-state index in [1.165, 1.54) is 7.11 Å². The first-order valence-corrected chi connectivity index (χ1v) is 6.50. The Labute approximate surface area is 109 Å². The first-order valence-electron chi connectivity index (χ1n) is 5.27. The van der Waals surface area contributed by atoms with Gasteiger partial charge < -0.3 is 0 Å². The number of hydrogen-bond acceptors (Lipinski definition) is 4. The molecule has 0 spiro atoms. The number of nitrogens with zero attached hydrogens (tertiary/aromatic N) is 2. The van der Waals surface area contributed by atoms with E-state index in [1.54, 1.807) is 30.1 Å². The second kappa shape index (κ2) is 5.70. The van der Waals surface area contributed by atoms with Gasteiger partial charge in [0.2, 0.25) is 0 Å². The topological polar surface area (TPSA) is 56.1 Å². The van der Waals surface area contributed by atoms with Crippen LogP contribution in [0.4, 0.5) is 0 Å². The van der Waals surface area contributed by atoms with Gasteiger partial charge in [0.05, 0.1) is 7.11 Å². The van der Waals surface area contributed by atoms with E-state index < -0.39 is 0 Å². The SMILES string of the molecule is CONC(=O)c1ccc(-n2ccnc2SC)cc1. The van der Waals surface area contributed by atoms with Crippen LogP contribution >= 0.6 is 11.8 Å². The van der Waals surface area contributed by atoms with E-state index in [0.717, 1.165) is 10.8 Å². The average molecular weight is 263 g/mol. The maximum absolute atomic E-state index is 11.5. The number of amides is 1. The van der Waals surface area contributed by atoms with Crippen LogP contribution in [0.3, 0.4) is 0 Å². The quantitative estimate of drug-likeness (QED) is 0.676. The van der Waals surface area contributed by atoms with Crippen LogP contribution in [0.2, 0.25) is 0 Å². The number of carbonyl (C=O) groups is 1. The predicted octanol–water partition coefficient (Wildman–Crippen LogP) is 1.89. The van der Waals surface area contributed by atoms with Gasteiger partial charge >= 0.3 is 0 Å². The standard InChI is InChI=1S/C12H13N3O2S/c1-17-14-11(16)9-3-5-10(6-4-9)15-8-7-13-12(15)18-2/h3-8H,1-2H3,(H,14,16). The summed E-state index contributed by atoms with van der Waals surface area (Å²) >= 11 is 1.57. The fourth-order valence-electron chi connectivity index (χ4n) is 1.56. The molecule has 0 fully saturated rings. The third-order valence-electron chi connectivity index (χ3n) is 2.39. The van der Waals surface area contributed by atoms with Crippen LogP contribution in [-0.2, 0) is 4.84 Å². The zero-order valence-electron chi connectivity index (χ0n) is 10.1. The second-order valence-corrected chi connectivity index (χ2v) is 4.24. The van der Waals surface area contributed by atoms with Crippen molar-refractivity contribution >= 4 is 17.7 Å². The Morgan fingerprint density at radius 3 is 2.72 bits per heavy atom. The van der Waals surface area contributed by atoms with Crippen LogP contribution in [0.1, 0.15) is 10.4 Å². The number of aromatic nitrogens is 2. The van der Waals surface area contributed by atoms with Gasteiger partial charge in [-0.2, -0.15) is 0 Å². The minimum absolute atomic E-state index is 0.264. The molecule has 0 saturated heterocycles. The summed E-state index contributed by atoms with van der Waals surface area (Å²) in [5.41, 5.74) is 3.79. The lowest BCUT2D eigenvalue weighted by molar-refractivity contribution is 0.0537. The van der Waals surface area contributed by atoms with Gasteiger partial charge in [-0.1, -0.05) is 11.8 Å². The molecule has 0 unspecified atom stereocenters. The van der Waals surface area contributed by atoms with Crippen LogP contribution in [-0.4, -0.2) is 28.8 Å². The van der Waals surface area contributed by atoms with Crippen molar-refractivity contribution < 1.29 is 9.63 Å². The van der Waals surface area contributed by atoms with E-state index in [4.69, 9.17) is 0 Å². The molecule has 0 atom stereocenters. The molecular formula is C12H13N3O2S. The lowest BCUT2D eigenvalue weighted by atomic mass is 10.2. The highest BCUT2D eigenvalue weighted by molar-refractivity contribution is 7.98. The Morgan fingerprint density at radius 1 is 1.39 bits per heavy atom. The van der Waals surface area contributed by atoms with Crippen molar-refractivity contribution in [3.05, 3.63) is 42.2 Å². The van der Waals surface area contributed by atoms with Crippen molar-refractivity contribution in [2.75, 3.05) is 13.4 Å². The number of nitrogens with one attached hydrogen (secondary N) is 1. The van der Waals surface area contributed by atoms with Crippen molar-refractivity contribution in [3.8, 4) is 5.69 Å². The summed E-state index contributed by atoms with van der Waals surface area (Å²) < 4.78 is 1.96. The number of carbonyl (C=O) groups excluding carboxylic acids is 1. The number of hydroxylamine groups is 1. The molecule has 1 N–H and O–H groups in total. The molecule has 0 aliphatic rings. The Hall–Kier alpha value is -1.79. The molecule has 0 radical (unpaired) electrons. The Kier molecular flexibility index (Phi) is 4.01. The smallest absolute Gasteiger partial charge is 0.274 e. The Balaban J connectivity index is 2.25. The highest BCUT2D eigenvalue weighted by atomic mass is 32.2. The van der Waals surface area contributed by atoms with E-state index in [1.807, 2.05) is 29.2 Å². The molecule has 1 amide bonds. The summed E-state index contributed by atoms with van der Waals surface area (Å²) in [5, 5.41) is 0.907. The molecule has 1 heterocycles. The number of benzene rings is 1. The van der Waals surface area contributed by atoms with Gasteiger partial charge in [0.1, 0.15) is 0 Å². The van der Waals surface area contributed by atoms with Gasteiger partial charge in [0.15, 0.2) is 5.16 Å². The van der Waals surface area contributed by atoms with E-state index in [-0.39, 0.29) is 5.91 Å². The molecule has 5 nitrogen and oxygen atoms in total. The molecule has 0 bridgehead atoms. The predicted molar refractivity (Wildman–Crippen MR) is 69.8 cm³/mol. The molecule has 1 aromatic carbocycles. The van der Waals surface area contributed by atoms with Gasteiger partial charge in [-0.05, 0) is 30.5 Å². The summed E-state index contributed by atoms with van der Waals surface area (Å²) in [6, 6.07) is 7.22. The fraction of sp³-hybridized carbons (Fsp3) is 0.167. The molecule has 94 valence electrons. The molecule has 1 aromatic heterocycles. The lowest BCUT2D eigenvalue weighted by Crippen LogP contribution is -2.21. The maximum Gasteiger partial charge on any atom is 0.274 e. The average Bonchev–Trinajstić information content (AvgIpc) is 2.87. The highest BCUT2D eigenvalue weighted by Crippen LogP contribution is 2.18. The van der Waals surface area contributed by atoms with Crippen molar-refractivity contribution in [1.29, 1.82) is 0 Å². The third-order valence-corrected chi connectivity index (χ3v) is 3.06. The van der Waals surface area contributed by atoms with E-state index in [9.17, 15) is 4.79 Å². The van der Waals surface area contributed by atoms with E-state index in [0.29, 0.717) is 5.56 Å². The third kappa shape index (κ3) is 2.55. The monoisotopic (exact) mass is 263 g/mol. The molecule has 0 aliphatic heterocycles. The van der Waals surface area contributed by atoms with E-state index >= 15 is 0 Å². The minimum atomic E-state index is -0.264. The second-order valence-electron chi connectivity index (χ2n) is 3.47. The van der Waals surface area contributed by atoms with Gasteiger partial charge in [-0.25, -0.2) is 10.5 Å². The van der Waals surface area contributed by atoms with Crippen molar-refractivity contribution in [2.45, 2.75) is 5.16 Å². The highest BCUT2D eigenvalue weighted by Gasteiger charge is 2.07. The zero-order valence-corrected chi connectivity index (χ0v) is 10.9. The van der Waals surface area contributed by atoms with Crippen LogP contribution < -0.4 is 5.48 Å². The number of rotatable bonds is 4. The van der Waals surface area contributed by atoms with Gasteiger partial charge in [-0.15, -0.1) is 0 Å². The summed E-state index contributed by atoms with van der Waals surface area (Å²) in [6.07, 6.45) is 5.60. The number of hydrogen-bond donors (Lipinski definition) is 1. The summed E-state index contributed by atoms with van der Waals surface area (Å²) in [4.78, 5) is 20.3. The fourth-order valence-corrected chi connectivity index (χ4v) is 2.09. The zero-order chi connectivity index (χ0) is 13.0. The van der Waals surface area contributed by atoms with Crippen molar-refractivity contribution in [1.82, 2.24) is 15.0 Å². The number of imidazole rings is 1. The summed E-state index contributed by atoms with van der Waals surface area (Å²) in [7, 11) is 1.41.